The van der Waals surface area contributed by atoms with E-state index in [4.69, 9.17) is 0 Å². The second-order valence-electron chi connectivity index (χ2n) is 6.10. The monoisotopic (exact) mass is 303 g/mol. The van der Waals surface area contributed by atoms with Crippen molar-refractivity contribution in [3.05, 3.63) is 24.3 Å². The highest BCUT2D eigenvalue weighted by molar-refractivity contribution is 5.93. The molecule has 5 heteroatoms. The summed E-state index contributed by atoms with van der Waals surface area (Å²) in [5.74, 6) is 0.844. The third-order valence-corrected chi connectivity index (χ3v) is 4.11. The van der Waals surface area contributed by atoms with Gasteiger partial charge in [0.2, 0.25) is 11.8 Å². The zero-order valence-corrected chi connectivity index (χ0v) is 13.3. The first-order chi connectivity index (χ1) is 10.5. The Hall–Kier alpha value is -1.88. The van der Waals surface area contributed by atoms with Crippen molar-refractivity contribution in [3.8, 4) is 0 Å². The molecule has 0 saturated carbocycles. The molecule has 3 N–H and O–H groups in total. The van der Waals surface area contributed by atoms with Gasteiger partial charge in [0.25, 0.3) is 0 Å². The smallest absolute Gasteiger partial charge is 0.224 e. The van der Waals surface area contributed by atoms with Gasteiger partial charge >= 0.3 is 0 Å². The Morgan fingerprint density at radius 3 is 2.68 bits per heavy atom. The van der Waals surface area contributed by atoms with Crippen LogP contribution in [0.25, 0.3) is 0 Å². The van der Waals surface area contributed by atoms with E-state index in [0.717, 1.165) is 13.1 Å². The molecule has 5 nitrogen and oxygen atoms in total. The summed E-state index contributed by atoms with van der Waals surface area (Å²) in [5.41, 5.74) is 1.40. The molecule has 22 heavy (non-hydrogen) atoms. The van der Waals surface area contributed by atoms with Crippen molar-refractivity contribution in [1.29, 1.82) is 0 Å². The minimum absolute atomic E-state index is 0.0260. The molecule has 1 fully saturated rings. The van der Waals surface area contributed by atoms with Crippen LogP contribution in [0.5, 0.6) is 0 Å². The van der Waals surface area contributed by atoms with Crippen molar-refractivity contribution in [2.75, 3.05) is 23.7 Å². The lowest BCUT2D eigenvalue weighted by Crippen LogP contribution is -2.34. The van der Waals surface area contributed by atoms with Crippen LogP contribution in [0.15, 0.2) is 24.3 Å². The Kier molecular flexibility index (Phi) is 5.95. The molecule has 0 bridgehead atoms. The number of anilines is 2. The molecule has 1 saturated heterocycles. The average Bonchev–Trinajstić information content (AvgIpc) is 2.47. The van der Waals surface area contributed by atoms with E-state index in [1.807, 2.05) is 12.1 Å². The van der Waals surface area contributed by atoms with Gasteiger partial charge in [-0.15, -0.1) is 0 Å². The van der Waals surface area contributed by atoms with Crippen LogP contribution < -0.4 is 16.0 Å². The summed E-state index contributed by atoms with van der Waals surface area (Å²) >= 11 is 0. The fraction of sp³-hybridized carbons (Fsp3) is 0.529. The molecule has 0 aliphatic carbocycles. The number of nitrogens with one attached hydrogen (secondary N) is 3. The zero-order chi connectivity index (χ0) is 15.9. The van der Waals surface area contributed by atoms with Crippen LogP contribution in [0, 0.1) is 11.8 Å². The molecule has 1 aromatic rings. The van der Waals surface area contributed by atoms with Crippen molar-refractivity contribution in [2.24, 2.45) is 11.8 Å². The summed E-state index contributed by atoms with van der Waals surface area (Å²) < 4.78 is 0. The molecule has 0 radical (unpaired) electrons. The fourth-order valence-electron chi connectivity index (χ4n) is 2.91. The van der Waals surface area contributed by atoms with Crippen LogP contribution in [0.4, 0.5) is 11.4 Å². The topological polar surface area (TPSA) is 70.2 Å². The summed E-state index contributed by atoms with van der Waals surface area (Å²) in [7, 11) is 0. The highest BCUT2D eigenvalue weighted by atomic mass is 16.2. The Morgan fingerprint density at radius 1 is 1.32 bits per heavy atom. The molecule has 1 aliphatic rings. The standard InChI is InChI=1S/C17H25N3O2/c1-12(14-5-4-8-18-11-14)9-17(22)20-16-7-3-6-15(10-16)19-13(2)21/h3,6-7,10,12,14,18H,4-5,8-9,11H2,1-2H3,(H,19,21)(H,20,22). The lowest BCUT2D eigenvalue weighted by Gasteiger charge is -2.28. The SMILES string of the molecule is CC(=O)Nc1cccc(NC(=O)CC(C)C2CCCNC2)c1. The number of hydrogen-bond donors (Lipinski definition) is 3. The quantitative estimate of drug-likeness (QED) is 0.783. The molecule has 1 aromatic carbocycles. The maximum Gasteiger partial charge on any atom is 0.224 e. The summed E-state index contributed by atoms with van der Waals surface area (Å²) in [6.45, 7) is 5.70. The van der Waals surface area contributed by atoms with Crippen LogP contribution in [0.1, 0.15) is 33.1 Å². The number of piperidine rings is 1. The Labute approximate surface area is 131 Å². The minimum Gasteiger partial charge on any atom is -0.326 e. The predicted octanol–water partition coefficient (Wildman–Crippen LogP) is 2.61. The number of benzene rings is 1. The second kappa shape index (κ2) is 7.94. The van der Waals surface area contributed by atoms with Gasteiger partial charge < -0.3 is 16.0 Å². The van der Waals surface area contributed by atoms with Gasteiger partial charge in [0.05, 0.1) is 0 Å². The summed E-state index contributed by atoms with van der Waals surface area (Å²) in [6.07, 6.45) is 2.91. The van der Waals surface area contributed by atoms with Gasteiger partial charge in [-0.25, -0.2) is 0 Å². The molecule has 2 atom stereocenters. The van der Waals surface area contributed by atoms with Gasteiger partial charge in [-0.05, 0) is 56.0 Å². The largest absolute Gasteiger partial charge is 0.326 e. The molecule has 0 aromatic heterocycles. The average molecular weight is 303 g/mol. The molecule has 1 aliphatic heterocycles. The van der Waals surface area contributed by atoms with E-state index in [0.29, 0.717) is 29.6 Å². The minimum atomic E-state index is -0.123. The Balaban J connectivity index is 1.87. The lowest BCUT2D eigenvalue weighted by molar-refractivity contribution is -0.117. The molecular weight excluding hydrogens is 278 g/mol. The number of hydrogen-bond acceptors (Lipinski definition) is 3. The maximum atomic E-state index is 12.2. The van der Waals surface area contributed by atoms with E-state index in [-0.39, 0.29) is 11.8 Å². The second-order valence-corrected chi connectivity index (χ2v) is 6.10. The fourth-order valence-corrected chi connectivity index (χ4v) is 2.91. The molecule has 2 amide bonds. The molecule has 2 unspecified atom stereocenters. The number of amides is 2. The van der Waals surface area contributed by atoms with Crippen molar-refractivity contribution in [2.45, 2.75) is 33.1 Å². The molecular formula is C17H25N3O2. The van der Waals surface area contributed by atoms with Gasteiger partial charge in [-0.3, -0.25) is 9.59 Å². The van der Waals surface area contributed by atoms with E-state index in [2.05, 4.69) is 22.9 Å². The van der Waals surface area contributed by atoms with E-state index in [1.165, 1.54) is 19.8 Å². The van der Waals surface area contributed by atoms with Gasteiger partial charge in [-0.2, -0.15) is 0 Å². The van der Waals surface area contributed by atoms with Gasteiger partial charge in [0, 0.05) is 24.7 Å². The van der Waals surface area contributed by atoms with Crippen LogP contribution in [-0.2, 0) is 9.59 Å². The van der Waals surface area contributed by atoms with E-state index < -0.39 is 0 Å². The Morgan fingerprint density at radius 2 is 2.05 bits per heavy atom. The van der Waals surface area contributed by atoms with Crippen molar-refractivity contribution < 1.29 is 9.59 Å². The van der Waals surface area contributed by atoms with Gasteiger partial charge in [0.1, 0.15) is 0 Å². The maximum absolute atomic E-state index is 12.2. The third kappa shape index (κ3) is 5.15. The van der Waals surface area contributed by atoms with Crippen LogP contribution >= 0.6 is 0 Å². The van der Waals surface area contributed by atoms with Crippen molar-refractivity contribution in [1.82, 2.24) is 5.32 Å². The Bertz CT molecular complexity index is 524. The summed E-state index contributed by atoms with van der Waals surface area (Å²) in [6, 6.07) is 7.21. The first-order valence-electron chi connectivity index (χ1n) is 7.93. The number of carbonyl (C=O) groups is 2. The van der Waals surface area contributed by atoms with Crippen LogP contribution in [-0.4, -0.2) is 24.9 Å². The zero-order valence-electron chi connectivity index (χ0n) is 13.3. The lowest BCUT2D eigenvalue weighted by atomic mass is 9.85. The summed E-state index contributed by atoms with van der Waals surface area (Å²) in [5, 5.41) is 9.02. The number of carbonyl (C=O) groups excluding carboxylic acids is 2. The molecule has 120 valence electrons. The van der Waals surface area contributed by atoms with Crippen molar-refractivity contribution in [3.63, 3.8) is 0 Å². The normalized spacial score (nSPS) is 19.3. The number of rotatable bonds is 5. The van der Waals surface area contributed by atoms with Gasteiger partial charge in [-0.1, -0.05) is 13.0 Å². The molecule has 0 spiro atoms. The summed E-state index contributed by atoms with van der Waals surface area (Å²) in [4.78, 5) is 23.2. The first kappa shape index (κ1) is 16.5. The van der Waals surface area contributed by atoms with Crippen molar-refractivity contribution >= 4 is 23.2 Å². The van der Waals surface area contributed by atoms with Crippen LogP contribution in [0.3, 0.4) is 0 Å². The van der Waals surface area contributed by atoms with Crippen LogP contribution in [0.2, 0.25) is 0 Å². The highest BCUT2D eigenvalue weighted by Gasteiger charge is 2.22. The van der Waals surface area contributed by atoms with E-state index in [9.17, 15) is 9.59 Å². The van der Waals surface area contributed by atoms with E-state index >= 15 is 0 Å². The van der Waals surface area contributed by atoms with E-state index in [1.54, 1.807) is 12.1 Å². The predicted molar refractivity (Wildman–Crippen MR) is 88.8 cm³/mol. The highest BCUT2D eigenvalue weighted by Crippen LogP contribution is 2.23. The molecule has 2 rings (SSSR count). The third-order valence-electron chi connectivity index (χ3n) is 4.11. The first-order valence-corrected chi connectivity index (χ1v) is 7.93. The van der Waals surface area contributed by atoms with Gasteiger partial charge in [0.15, 0.2) is 0 Å². The molecule has 1 heterocycles.